The molecule has 3 rings (SSSR count). The van der Waals surface area contributed by atoms with Gasteiger partial charge in [-0.3, -0.25) is 4.68 Å². The highest BCUT2D eigenvalue weighted by molar-refractivity contribution is 5.98. The molecule has 4 nitrogen and oxygen atoms in total. The molecule has 0 saturated carbocycles. The van der Waals surface area contributed by atoms with Crippen LogP contribution in [0.15, 0.2) is 42.5 Å². The van der Waals surface area contributed by atoms with Crippen molar-refractivity contribution in [2.75, 3.05) is 0 Å². The van der Waals surface area contributed by atoms with Crippen LogP contribution in [0.5, 0.6) is 0 Å². The molecule has 20 heavy (non-hydrogen) atoms. The highest BCUT2D eigenvalue weighted by Crippen LogP contribution is 2.29. The van der Waals surface area contributed by atoms with Gasteiger partial charge < -0.3 is 5.11 Å². The first-order valence-electron chi connectivity index (χ1n) is 6.03. The van der Waals surface area contributed by atoms with Crippen LogP contribution < -0.4 is 0 Å². The highest BCUT2D eigenvalue weighted by Gasteiger charge is 2.15. The first kappa shape index (κ1) is 12.3. The minimum atomic E-state index is -0.999. The standard InChI is InChI=1S/C15H11FN2O2/c1-18-13-8-9(15(19)20)6-7-11(13)14(17-18)10-4-2-3-5-12(10)16/h2-8H,1H3,(H,19,20). The number of hydrogen-bond acceptors (Lipinski definition) is 2. The molecule has 0 atom stereocenters. The van der Waals surface area contributed by atoms with Crippen molar-refractivity contribution in [1.82, 2.24) is 9.78 Å². The predicted octanol–water partition coefficient (Wildman–Crippen LogP) is 3.08. The minimum absolute atomic E-state index is 0.181. The van der Waals surface area contributed by atoms with Crippen molar-refractivity contribution < 1.29 is 14.3 Å². The van der Waals surface area contributed by atoms with Crippen LogP contribution in [0.2, 0.25) is 0 Å². The molecular formula is C15H11FN2O2. The lowest BCUT2D eigenvalue weighted by Gasteiger charge is -2.00. The Hall–Kier alpha value is -2.69. The van der Waals surface area contributed by atoms with Crippen molar-refractivity contribution in [3.05, 3.63) is 53.8 Å². The molecule has 1 aromatic heterocycles. The second-order valence-electron chi connectivity index (χ2n) is 4.49. The number of nitrogens with zero attached hydrogens (tertiary/aromatic N) is 2. The first-order valence-corrected chi connectivity index (χ1v) is 6.03. The van der Waals surface area contributed by atoms with Crippen LogP contribution in [-0.4, -0.2) is 20.9 Å². The van der Waals surface area contributed by atoms with Crippen molar-refractivity contribution in [3.8, 4) is 11.3 Å². The first-order chi connectivity index (χ1) is 9.58. The van der Waals surface area contributed by atoms with E-state index in [4.69, 9.17) is 5.11 Å². The predicted molar refractivity (Wildman–Crippen MR) is 73.1 cm³/mol. The summed E-state index contributed by atoms with van der Waals surface area (Å²) in [6.45, 7) is 0. The Labute approximate surface area is 114 Å². The zero-order valence-corrected chi connectivity index (χ0v) is 10.7. The van der Waals surface area contributed by atoms with Crippen molar-refractivity contribution >= 4 is 16.9 Å². The average molecular weight is 270 g/mol. The van der Waals surface area contributed by atoms with E-state index in [1.54, 1.807) is 36.0 Å². The van der Waals surface area contributed by atoms with Crippen LogP contribution in [0.4, 0.5) is 4.39 Å². The molecule has 5 heteroatoms. The van der Waals surface area contributed by atoms with E-state index in [-0.39, 0.29) is 11.4 Å². The SMILES string of the molecule is Cn1nc(-c2ccccc2F)c2ccc(C(=O)O)cc21. The summed E-state index contributed by atoms with van der Waals surface area (Å²) in [5, 5.41) is 14.0. The molecule has 1 N–H and O–H groups in total. The number of halogens is 1. The zero-order valence-electron chi connectivity index (χ0n) is 10.7. The summed E-state index contributed by atoms with van der Waals surface area (Å²) in [6.07, 6.45) is 0. The molecule has 2 aromatic carbocycles. The van der Waals surface area contributed by atoms with E-state index in [2.05, 4.69) is 5.10 Å². The van der Waals surface area contributed by atoms with E-state index < -0.39 is 5.97 Å². The van der Waals surface area contributed by atoms with Gasteiger partial charge in [0.25, 0.3) is 0 Å². The third-order valence-corrected chi connectivity index (χ3v) is 3.23. The molecule has 0 unspecified atom stereocenters. The number of aryl methyl sites for hydroxylation is 1. The number of carbonyl (C=O) groups is 1. The van der Waals surface area contributed by atoms with Gasteiger partial charge in [0, 0.05) is 18.0 Å². The molecule has 100 valence electrons. The molecule has 0 aliphatic carbocycles. The Kier molecular flexibility index (Phi) is 2.75. The number of rotatable bonds is 2. The Morgan fingerprint density at radius 3 is 2.70 bits per heavy atom. The van der Waals surface area contributed by atoms with Crippen molar-refractivity contribution in [2.24, 2.45) is 7.05 Å². The summed E-state index contributed by atoms with van der Waals surface area (Å²) in [5.74, 6) is -1.35. The van der Waals surface area contributed by atoms with E-state index in [9.17, 15) is 9.18 Å². The minimum Gasteiger partial charge on any atom is -0.478 e. The fourth-order valence-corrected chi connectivity index (χ4v) is 2.24. The van der Waals surface area contributed by atoms with Gasteiger partial charge in [-0.25, -0.2) is 9.18 Å². The number of fused-ring (bicyclic) bond motifs is 1. The molecule has 3 aromatic rings. The van der Waals surface area contributed by atoms with Crippen LogP contribution in [-0.2, 0) is 7.05 Å². The number of hydrogen-bond donors (Lipinski definition) is 1. The number of carboxylic acids is 1. The number of aromatic carboxylic acids is 1. The van der Waals surface area contributed by atoms with Crippen molar-refractivity contribution in [3.63, 3.8) is 0 Å². The lowest BCUT2D eigenvalue weighted by Crippen LogP contribution is -1.96. The fraction of sp³-hybridized carbons (Fsp3) is 0.0667. The topological polar surface area (TPSA) is 55.1 Å². The van der Waals surface area contributed by atoms with E-state index in [0.717, 1.165) is 5.39 Å². The third-order valence-electron chi connectivity index (χ3n) is 3.23. The molecule has 0 saturated heterocycles. The summed E-state index contributed by atoms with van der Waals surface area (Å²) in [5.41, 5.74) is 1.75. The van der Waals surface area contributed by atoms with Gasteiger partial charge in [0.1, 0.15) is 11.5 Å². The van der Waals surface area contributed by atoms with Gasteiger partial charge in [-0.15, -0.1) is 0 Å². The lowest BCUT2D eigenvalue weighted by atomic mass is 10.1. The maximum Gasteiger partial charge on any atom is 0.335 e. The van der Waals surface area contributed by atoms with E-state index in [1.807, 2.05) is 0 Å². The Bertz CT molecular complexity index is 824. The van der Waals surface area contributed by atoms with E-state index >= 15 is 0 Å². The number of benzene rings is 2. The Morgan fingerprint density at radius 1 is 1.25 bits per heavy atom. The van der Waals surface area contributed by atoms with Crippen molar-refractivity contribution in [1.29, 1.82) is 0 Å². The van der Waals surface area contributed by atoms with Gasteiger partial charge in [-0.2, -0.15) is 5.10 Å². The van der Waals surface area contributed by atoms with Crippen LogP contribution in [0.1, 0.15) is 10.4 Å². The molecule has 0 amide bonds. The van der Waals surface area contributed by atoms with Crippen LogP contribution in [0, 0.1) is 5.82 Å². The van der Waals surface area contributed by atoms with E-state index in [1.165, 1.54) is 18.2 Å². The molecule has 0 aliphatic heterocycles. The van der Waals surface area contributed by atoms with Gasteiger partial charge in [0.05, 0.1) is 11.1 Å². The Balaban J connectivity index is 2.29. The molecule has 1 heterocycles. The van der Waals surface area contributed by atoms with Gasteiger partial charge in [-0.05, 0) is 30.3 Å². The maximum absolute atomic E-state index is 13.9. The van der Waals surface area contributed by atoms with Gasteiger partial charge in [-0.1, -0.05) is 12.1 Å². The lowest BCUT2D eigenvalue weighted by molar-refractivity contribution is 0.0697. The number of aromatic nitrogens is 2. The van der Waals surface area contributed by atoms with Gasteiger partial charge in [0.15, 0.2) is 0 Å². The fourth-order valence-electron chi connectivity index (χ4n) is 2.24. The average Bonchev–Trinajstić information content (AvgIpc) is 2.76. The molecular weight excluding hydrogens is 259 g/mol. The van der Waals surface area contributed by atoms with Crippen LogP contribution >= 0.6 is 0 Å². The summed E-state index contributed by atoms with van der Waals surface area (Å²) in [6, 6.07) is 11.1. The molecule has 0 fully saturated rings. The van der Waals surface area contributed by atoms with Crippen LogP contribution in [0.3, 0.4) is 0 Å². The monoisotopic (exact) mass is 270 g/mol. The quantitative estimate of drug-likeness (QED) is 0.778. The largest absolute Gasteiger partial charge is 0.478 e. The normalized spacial score (nSPS) is 10.9. The van der Waals surface area contributed by atoms with Gasteiger partial charge >= 0.3 is 5.97 Å². The second kappa shape index (κ2) is 4.45. The summed E-state index contributed by atoms with van der Waals surface area (Å²) in [7, 11) is 1.71. The Morgan fingerprint density at radius 2 is 2.00 bits per heavy atom. The third kappa shape index (κ3) is 1.84. The summed E-state index contributed by atoms with van der Waals surface area (Å²) in [4.78, 5) is 11.0. The molecule has 0 bridgehead atoms. The van der Waals surface area contributed by atoms with Crippen LogP contribution in [0.25, 0.3) is 22.2 Å². The van der Waals surface area contributed by atoms with Crippen molar-refractivity contribution in [2.45, 2.75) is 0 Å². The molecule has 0 radical (unpaired) electrons. The van der Waals surface area contributed by atoms with Gasteiger partial charge in [0.2, 0.25) is 0 Å². The summed E-state index contributed by atoms with van der Waals surface area (Å²) < 4.78 is 15.4. The molecule has 0 aliphatic rings. The number of carboxylic acid groups (broad SMARTS) is 1. The molecule has 0 spiro atoms. The smallest absolute Gasteiger partial charge is 0.335 e. The zero-order chi connectivity index (χ0) is 14.3. The van der Waals surface area contributed by atoms with E-state index in [0.29, 0.717) is 16.8 Å². The summed E-state index contributed by atoms with van der Waals surface area (Å²) >= 11 is 0. The highest BCUT2D eigenvalue weighted by atomic mass is 19.1. The second-order valence-corrected chi connectivity index (χ2v) is 4.49. The maximum atomic E-state index is 13.9.